The Morgan fingerprint density at radius 2 is 1.96 bits per heavy atom. The average molecular weight is 344 g/mol. The standard InChI is InChI=1S/C15H10ClN5OS/c16-12-7-6-11(23-12)8-20-9-17-14-13(15(20)22)18-19-21(14)10-4-2-1-3-5-10/h1-7,9H,8H2. The SMILES string of the molecule is O=c1c2nnn(-c3ccccc3)c2ncn1Cc1ccc(Cl)s1. The van der Waals surface area contributed by atoms with Crippen molar-refractivity contribution in [2.75, 3.05) is 0 Å². The molecule has 0 saturated carbocycles. The number of aromatic nitrogens is 5. The summed E-state index contributed by atoms with van der Waals surface area (Å²) in [5, 5.41) is 8.05. The average Bonchev–Trinajstić information content (AvgIpc) is 3.17. The van der Waals surface area contributed by atoms with Gasteiger partial charge >= 0.3 is 0 Å². The van der Waals surface area contributed by atoms with Crippen LogP contribution in [0.5, 0.6) is 0 Å². The molecule has 0 aliphatic carbocycles. The number of rotatable bonds is 3. The number of nitrogens with zero attached hydrogens (tertiary/aromatic N) is 5. The molecule has 0 atom stereocenters. The fourth-order valence-electron chi connectivity index (χ4n) is 2.30. The van der Waals surface area contributed by atoms with Crippen LogP contribution in [0.1, 0.15) is 4.88 Å². The Kier molecular flexibility index (Phi) is 3.44. The van der Waals surface area contributed by atoms with Crippen LogP contribution < -0.4 is 5.56 Å². The lowest BCUT2D eigenvalue weighted by atomic mass is 10.3. The number of hydrogen-bond acceptors (Lipinski definition) is 5. The smallest absolute Gasteiger partial charge is 0.283 e. The zero-order chi connectivity index (χ0) is 15.8. The second-order valence-corrected chi connectivity index (χ2v) is 6.69. The Balaban J connectivity index is 1.79. The topological polar surface area (TPSA) is 65.6 Å². The summed E-state index contributed by atoms with van der Waals surface area (Å²) in [6.07, 6.45) is 1.51. The Labute approximate surface area is 139 Å². The molecule has 3 aromatic heterocycles. The maximum atomic E-state index is 12.6. The van der Waals surface area contributed by atoms with Gasteiger partial charge in [-0.3, -0.25) is 9.36 Å². The van der Waals surface area contributed by atoms with Crippen LogP contribution >= 0.6 is 22.9 Å². The van der Waals surface area contributed by atoms with Crippen molar-refractivity contribution < 1.29 is 0 Å². The maximum Gasteiger partial charge on any atom is 0.283 e. The molecule has 0 radical (unpaired) electrons. The second kappa shape index (κ2) is 5.60. The van der Waals surface area contributed by atoms with Crippen LogP contribution in [-0.4, -0.2) is 24.5 Å². The van der Waals surface area contributed by atoms with Crippen LogP contribution in [-0.2, 0) is 6.54 Å². The molecule has 114 valence electrons. The molecule has 0 aliphatic heterocycles. The van der Waals surface area contributed by atoms with Crippen LogP contribution in [0.4, 0.5) is 0 Å². The Morgan fingerprint density at radius 1 is 1.13 bits per heavy atom. The highest BCUT2D eigenvalue weighted by atomic mass is 35.5. The van der Waals surface area contributed by atoms with E-state index in [9.17, 15) is 4.79 Å². The number of halogens is 1. The van der Waals surface area contributed by atoms with E-state index in [2.05, 4.69) is 15.3 Å². The van der Waals surface area contributed by atoms with E-state index in [1.54, 1.807) is 4.68 Å². The molecule has 23 heavy (non-hydrogen) atoms. The fraction of sp³-hybridized carbons (Fsp3) is 0.0667. The summed E-state index contributed by atoms with van der Waals surface area (Å²) in [5.74, 6) is 0. The third-order valence-corrected chi connectivity index (χ3v) is 4.60. The third-order valence-electron chi connectivity index (χ3n) is 3.39. The molecule has 4 aromatic rings. The van der Waals surface area contributed by atoms with Crippen molar-refractivity contribution in [2.24, 2.45) is 0 Å². The molecule has 0 amide bonds. The molecule has 0 aliphatic rings. The highest BCUT2D eigenvalue weighted by Gasteiger charge is 2.13. The zero-order valence-corrected chi connectivity index (χ0v) is 13.3. The van der Waals surface area contributed by atoms with Crippen molar-refractivity contribution >= 4 is 34.1 Å². The van der Waals surface area contributed by atoms with E-state index in [1.807, 2.05) is 42.5 Å². The molecule has 1 aromatic carbocycles. The van der Waals surface area contributed by atoms with Crippen LogP contribution in [0.3, 0.4) is 0 Å². The molecule has 0 fully saturated rings. The van der Waals surface area contributed by atoms with E-state index in [4.69, 9.17) is 11.6 Å². The molecular weight excluding hydrogens is 334 g/mol. The van der Waals surface area contributed by atoms with Gasteiger partial charge in [-0.05, 0) is 24.3 Å². The Hall–Kier alpha value is -2.51. The van der Waals surface area contributed by atoms with Crippen LogP contribution in [0.15, 0.2) is 53.6 Å². The van der Waals surface area contributed by atoms with Gasteiger partial charge in [-0.2, -0.15) is 4.68 Å². The molecule has 0 N–H and O–H groups in total. The predicted molar refractivity (Wildman–Crippen MR) is 89.4 cm³/mol. The van der Waals surface area contributed by atoms with Crippen molar-refractivity contribution in [3.8, 4) is 5.69 Å². The summed E-state index contributed by atoms with van der Waals surface area (Å²) in [6.45, 7) is 0.414. The quantitative estimate of drug-likeness (QED) is 0.573. The molecular formula is C15H10ClN5OS. The molecule has 8 heteroatoms. The van der Waals surface area contributed by atoms with Crippen molar-refractivity contribution in [1.29, 1.82) is 0 Å². The van der Waals surface area contributed by atoms with Crippen molar-refractivity contribution in [3.05, 3.63) is 68.4 Å². The lowest BCUT2D eigenvalue weighted by molar-refractivity contribution is 0.755. The van der Waals surface area contributed by atoms with Crippen LogP contribution in [0, 0.1) is 0 Å². The molecule has 0 spiro atoms. The van der Waals surface area contributed by atoms with Gasteiger partial charge in [-0.1, -0.05) is 35.0 Å². The number of thiophene rings is 1. The van der Waals surface area contributed by atoms with Gasteiger partial charge in [-0.15, -0.1) is 16.4 Å². The summed E-state index contributed by atoms with van der Waals surface area (Å²) in [5.41, 5.74) is 1.28. The van der Waals surface area contributed by atoms with E-state index in [1.165, 1.54) is 22.2 Å². The number of hydrogen-bond donors (Lipinski definition) is 0. The number of benzene rings is 1. The summed E-state index contributed by atoms with van der Waals surface area (Å²) in [6, 6.07) is 13.2. The molecule has 0 saturated heterocycles. The van der Waals surface area contributed by atoms with Gasteiger partial charge in [0.15, 0.2) is 11.2 Å². The maximum absolute atomic E-state index is 12.6. The summed E-state index contributed by atoms with van der Waals surface area (Å²) in [7, 11) is 0. The van der Waals surface area contributed by atoms with Crippen LogP contribution in [0.25, 0.3) is 16.9 Å². The van der Waals surface area contributed by atoms with Gasteiger partial charge in [0.2, 0.25) is 0 Å². The Bertz CT molecular complexity index is 1040. The minimum Gasteiger partial charge on any atom is -0.292 e. The van der Waals surface area contributed by atoms with Crippen molar-refractivity contribution in [1.82, 2.24) is 24.5 Å². The molecule has 6 nitrogen and oxygen atoms in total. The van der Waals surface area contributed by atoms with Gasteiger partial charge < -0.3 is 0 Å². The van der Waals surface area contributed by atoms with E-state index in [0.717, 1.165) is 10.6 Å². The van der Waals surface area contributed by atoms with E-state index in [0.29, 0.717) is 16.5 Å². The molecule has 4 rings (SSSR count). The second-order valence-electron chi connectivity index (χ2n) is 4.89. The molecule has 0 unspecified atom stereocenters. The monoisotopic (exact) mass is 343 g/mol. The van der Waals surface area contributed by atoms with Gasteiger partial charge in [0.25, 0.3) is 5.56 Å². The summed E-state index contributed by atoms with van der Waals surface area (Å²) in [4.78, 5) is 17.9. The lowest BCUT2D eigenvalue weighted by Gasteiger charge is -2.03. The number of para-hydroxylation sites is 1. The van der Waals surface area contributed by atoms with Crippen molar-refractivity contribution in [3.63, 3.8) is 0 Å². The minimum atomic E-state index is -0.221. The largest absolute Gasteiger partial charge is 0.292 e. The van der Waals surface area contributed by atoms with Gasteiger partial charge in [0.1, 0.15) is 6.33 Å². The van der Waals surface area contributed by atoms with E-state index < -0.39 is 0 Å². The first-order valence-electron chi connectivity index (χ1n) is 6.83. The first-order valence-corrected chi connectivity index (χ1v) is 8.02. The summed E-state index contributed by atoms with van der Waals surface area (Å²) >= 11 is 7.36. The highest BCUT2D eigenvalue weighted by Crippen LogP contribution is 2.21. The number of fused-ring (bicyclic) bond motifs is 1. The Morgan fingerprint density at radius 3 is 2.70 bits per heavy atom. The minimum absolute atomic E-state index is 0.221. The van der Waals surface area contributed by atoms with Gasteiger partial charge in [-0.25, -0.2) is 4.98 Å². The van der Waals surface area contributed by atoms with Crippen LogP contribution in [0.2, 0.25) is 4.34 Å². The fourth-order valence-corrected chi connectivity index (χ4v) is 3.39. The summed E-state index contributed by atoms with van der Waals surface area (Å²) < 4.78 is 3.76. The lowest BCUT2D eigenvalue weighted by Crippen LogP contribution is -2.21. The first-order chi connectivity index (χ1) is 11.2. The van der Waals surface area contributed by atoms with E-state index in [-0.39, 0.29) is 11.1 Å². The first kappa shape index (κ1) is 14.1. The zero-order valence-electron chi connectivity index (χ0n) is 11.8. The van der Waals surface area contributed by atoms with Crippen molar-refractivity contribution in [2.45, 2.75) is 6.54 Å². The molecule has 0 bridgehead atoms. The molecule has 3 heterocycles. The third kappa shape index (κ3) is 2.54. The highest BCUT2D eigenvalue weighted by molar-refractivity contribution is 7.16. The normalized spacial score (nSPS) is 11.2. The van der Waals surface area contributed by atoms with Gasteiger partial charge in [0, 0.05) is 4.88 Å². The van der Waals surface area contributed by atoms with E-state index >= 15 is 0 Å². The van der Waals surface area contributed by atoms with Gasteiger partial charge in [0.05, 0.1) is 16.6 Å². The predicted octanol–water partition coefficient (Wildman–Crippen LogP) is 2.74.